The van der Waals surface area contributed by atoms with Crippen molar-refractivity contribution in [3.05, 3.63) is 23.8 Å². The first kappa shape index (κ1) is 27.6. The van der Waals surface area contributed by atoms with Crippen molar-refractivity contribution in [3.8, 4) is 0 Å². The predicted molar refractivity (Wildman–Crippen MR) is 141 cm³/mol. The Morgan fingerprint density at radius 3 is 2.50 bits per heavy atom. The molecule has 5 nitrogen and oxygen atoms in total. The standard InChI is InChI=1S/C31H48O5/c1-27(2,35)15-9-10-19(26(34)36-8)25-22(32)18-31(7)21-11-12-23-28(3,4)24(33)14-16-29(23,5)20(21)13-17-30(25,31)6/h9,11,15,19-20,22-23,25,32,35H,10,12-14,16-18H2,1-8H3. The minimum absolute atomic E-state index is 0.0755. The number of ketones is 1. The van der Waals surface area contributed by atoms with Gasteiger partial charge < -0.3 is 14.9 Å². The van der Waals surface area contributed by atoms with Gasteiger partial charge in [0.25, 0.3) is 0 Å². The Labute approximate surface area is 217 Å². The summed E-state index contributed by atoms with van der Waals surface area (Å²) in [5.74, 6) is 0.155. The molecule has 5 heteroatoms. The molecule has 0 heterocycles. The van der Waals surface area contributed by atoms with Crippen molar-refractivity contribution in [1.29, 1.82) is 0 Å². The maximum Gasteiger partial charge on any atom is 0.309 e. The van der Waals surface area contributed by atoms with Crippen molar-refractivity contribution in [2.24, 2.45) is 45.3 Å². The highest BCUT2D eigenvalue weighted by Crippen LogP contribution is 2.73. The lowest BCUT2D eigenvalue weighted by molar-refractivity contribution is -0.153. The molecule has 3 fully saturated rings. The number of hydrogen-bond donors (Lipinski definition) is 2. The van der Waals surface area contributed by atoms with E-state index in [0.717, 1.165) is 25.7 Å². The summed E-state index contributed by atoms with van der Waals surface area (Å²) in [6, 6.07) is 0. The third-order valence-electron chi connectivity index (χ3n) is 11.5. The molecule has 4 aliphatic rings. The Bertz CT molecular complexity index is 970. The molecule has 8 atom stereocenters. The lowest BCUT2D eigenvalue weighted by Crippen LogP contribution is -2.57. The van der Waals surface area contributed by atoms with Gasteiger partial charge in [0.15, 0.2) is 0 Å². The van der Waals surface area contributed by atoms with E-state index in [-0.39, 0.29) is 33.5 Å². The van der Waals surface area contributed by atoms with Crippen LogP contribution in [0.1, 0.15) is 93.4 Å². The fourth-order valence-electron chi connectivity index (χ4n) is 9.38. The average molecular weight is 501 g/mol. The zero-order valence-electron chi connectivity index (χ0n) is 23.7. The highest BCUT2D eigenvalue weighted by molar-refractivity contribution is 5.85. The van der Waals surface area contributed by atoms with Crippen LogP contribution < -0.4 is 0 Å². The summed E-state index contributed by atoms with van der Waals surface area (Å²) in [6.07, 6.45) is 10.9. The van der Waals surface area contributed by atoms with Crippen LogP contribution >= 0.6 is 0 Å². The normalized spacial score (nSPS) is 42.8. The summed E-state index contributed by atoms with van der Waals surface area (Å²) in [7, 11) is 1.42. The van der Waals surface area contributed by atoms with Crippen LogP contribution in [0.5, 0.6) is 0 Å². The van der Waals surface area contributed by atoms with Crippen LogP contribution in [0.15, 0.2) is 23.8 Å². The van der Waals surface area contributed by atoms with Gasteiger partial charge in [-0.25, -0.2) is 0 Å². The maximum atomic E-state index is 13.1. The summed E-state index contributed by atoms with van der Waals surface area (Å²) in [4.78, 5) is 25.9. The monoisotopic (exact) mass is 500 g/mol. The summed E-state index contributed by atoms with van der Waals surface area (Å²) < 4.78 is 5.25. The molecule has 0 aromatic heterocycles. The van der Waals surface area contributed by atoms with Gasteiger partial charge in [-0.05, 0) is 80.5 Å². The zero-order valence-corrected chi connectivity index (χ0v) is 23.7. The molecule has 0 aliphatic heterocycles. The van der Waals surface area contributed by atoms with E-state index in [4.69, 9.17) is 4.74 Å². The quantitative estimate of drug-likeness (QED) is 0.377. The topological polar surface area (TPSA) is 83.8 Å². The van der Waals surface area contributed by atoms with Gasteiger partial charge in [-0.3, -0.25) is 9.59 Å². The van der Waals surface area contributed by atoms with Crippen LogP contribution in [0.4, 0.5) is 0 Å². The minimum Gasteiger partial charge on any atom is -0.469 e. The molecule has 0 saturated heterocycles. The minimum atomic E-state index is -0.959. The average Bonchev–Trinajstić information content (AvgIpc) is 2.98. The Balaban J connectivity index is 1.72. The van der Waals surface area contributed by atoms with Gasteiger partial charge in [0.2, 0.25) is 0 Å². The van der Waals surface area contributed by atoms with Gasteiger partial charge in [-0.1, -0.05) is 58.4 Å². The van der Waals surface area contributed by atoms with Crippen LogP contribution in [0.25, 0.3) is 0 Å². The first-order valence-corrected chi connectivity index (χ1v) is 13.9. The van der Waals surface area contributed by atoms with Gasteiger partial charge in [0.1, 0.15) is 5.78 Å². The number of allylic oxidation sites excluding steroid dienone is 3. The van der Waals surface area contributed by atoms with Crippen molar-refractivity contribution in [1.82, 2.24) is 0 Å². The van der Waals surface area contributed by atoms with Crippen molar-refractivity contribution >= 4 is 11.8 Å². The third-order valence-corrected chi connectivity index (χ3v) is 11.5. The van der Waals surface area contributed by atoms with E-state index in [2.05, 4.69) is 40.7 Å². The lowest BCUT2D eigenvalue weighted by atomic mass is 9.41. The molecule has 8 unspecified atom stereocenters. The van der Waals surface area contributed by atoms with E-state index >= 15 is 0 Å². The molecule has 0 radical (unpaired) electrons. The first-order valence-electron chi connectivity index (χ1n) is 13.9. The van der Waals surface area contributed by atoms with Crippen molar-refractivity contribution in [3.63, 3.8) is 0 Å². The number of ether oxygens (including phenoxy) is 1. The molecule has 0 aromatic rings. The second-order valence-electron chi connectivity index (χ2n) is 14.2. The van der Waals surface area contributed by atoms with Gasteiger partial charge in [0, 0.05) is 17.8 Å². The van der Waals surface area contributed by atoms with Crippen LogP contribution in [0, 0.1) is 45.3 Å². The van der Waals surface area contributed by atoms with E-state index in [9.17, 15) is 19.8 Å². The predicted octanol–water partition coefficient (Wildman–Crippen LogP) is 5.64. The third kappa shape index (κ3) is 3.95. The van der Waals surface area contributed by atoms with E-state index < -0.39 is 17.6 Å². The molecule has 0 aromatic carbocycles. The fraction of sp³-hybridized carbons (Fsp3) is 0.806. The largest absolute Gasteiger partial charge is 0.469 e. The fourth-order valence-corrected chi connectivity index (χ4v) is 9.38. The second kappa shape index (κ2) is 8.80. The Morgan fingerprint density at radius 2 is 1.89 bits per heavy atom. The summed E-state index contributed by atoms with van der Waals surface area (Å²) >= 11 is 0. The van der Waals surface area contributed by atoms with Gasteiger partial charge >= 0.3 is 5.97 Å². The summed E-state index contributed by atoms with van der Waals surface area (Å²) in [6.45, 7) is 14.7. The zero-order chi connectivity index (χ0) is 26.9. The molecular formula is C31H48O5. The number of carbonyl (C=O) groups is 2. The molecule has 36 heavy (non-hydrogen) atoms. The molecule has 3 saturated carbocycles. The van der Waals surface area contributed by atoms with Crippen molar-refractivity contribution in [2.45, 2.75) is 105 Å². The number of aliphatic hydroxyl groups excluding tert-OH is 1. The number of aliphatic hydroxyl groups is 2. The van der Waals surface area contributed by atoms with Crippen molar-refractivity contribution < 1.29 is 24.5 Å². The van der Waals surface area contributed by atoms with E-state index in [1.807, 2.05) is 6.08 Å². The molecule has 0 bridgehead atoms. The van der Waals surface area contributed by atoms with Gasteiger partial charge in [0.05, 0.1) is 24.7 Å². The number of Topliss-reactive ketones (excluding diaryl/α,β-unsaturated/α-hetero) is 1. The molecule has 4 aliphatic carbocycles. The van der Waals surface area contributed by atoms with E-state index in [1.165, 1.54) is 12.7 Å². The number of fused-ring (bicyclic) bond motifs is 5. The van der Waals surface area contributed by atoms with Crippen LogP contribution in [-0.2, 0) is 14.3 Å². The number of carbonyl (C=O) groups excluding carboxylic acids is 2. The first-order chi connectivity index (χ1) is 16.5. The smallest absolute Gasteiger partial charge is 0.309 e. The van der Waals surface area contributed by atoms with E-state index in [1.54, 1.807) is 19.9 Å². The summed E-state index contributed by atoms with van der Waals surface area (Å²) in [5, 5.41) is 21.7. The Hall–Kier alpha value is -1.46. The van der Waals surface area contributed by atoms with Crippen LogP contribution in [0.3, 0.4) is 0 Å². The lowest BCUT2D eigenvalue weighted by Gasteiger charge is -2.63. The molecule has 4 rings (SSSR count). The Morgan fingerprint density at radius 1 is 1.22 bits per heavy atom. The molecule has 0 amide bonds. The Kier molecular flexibility index (Phi) is 6.74. The number of rotatable bonds is 5. The molecule has 2 N–H and O–H groups in total. The highest BCUT2D eigenvalue weighted by atomic mass is 16.5. The highest BCUT2D eigenvalue weighted by Gasteiger charge is 2.68. The van der Waals surface area contributed by atoms with E-state index in [0.29, 0.717) is 36.9 Å². The van der Waals surface area contributed by atoms with Crippen LogP contribution in [0.2, 0.25) is 0 Å². The van der Waals surface area contributed by atoms with Crippen LogP contribution in [-0.4, -0.2) is 40.8 Å². The maximum absolute atomic E-state index is 13.1. The second-order valence-corrected chi connectivity index (χ2v) is 14.2. The molecule has 202 valence electrons. The molecule has 0 spiro atoms. The van der Waals surface area contributed by atoms with Gasteiger partial charge in [-0.2, -0.15) is 0 Å². The number of esters is 1. The number of hydrogen-bond acceptors (Lipinski definition) is 5. The SMILES string of the molecule is COC(=O)C(CC=CC(C)(C)O)C1C(O)CC2(C)C3=CCC4C(C)(C)C(=O)CCC4(C)C3CCC12C. The van der Waals surface area contributed by atoms with Gasteiger partial charge in [-0.15, -0.1) is 0 Å². The van der Waals surface area contributed by atoms with Crippen molar-refractivity contribution in [2.75, 3.05) is 7.11 Å². The summed E-state index contributed by atoms with van der Waals surface area (Å²) in [5.41, 5.74) is -0.203. The number of methoxy groups -OCH3 is 1. The molecular weight excluding hydrogens is 452 g/mol.